The fourth-order valence-electron chi connectivity index (χ4n) is 2.50. The van der Waals surface area contributed by atoms with Crippen LogP contribution >= 0.6 is 0 Å². The van der Waals surface area contributed by atoms with Gasteiger partial charge in [-0.25, -0.2) is 0 Å². The molecule has 0 bridgehead atoms. The summed E-state index contributed by atoms with van der Waals surface area (Å²) < 4.78 is 1.92. The van der Waals surface area contributed by atoms with E-state index >= 15 is 0 Å². The lowest BCUT2D eigenvalue weighted by Gasteiger charge is -2.15. The van der Waals surface area contributed by atoms with Crippen LogP contribution in [0.25, 0.3) is 0 Å². The molecular formula is C11H19N3. The van der Waals surface area contributed by atoms with Gasteiger partial charge in [-0.2, -0.15) is 5.10 Å². The Morgan fingerprint density at radius 2 is 1.86 bits per heavy atom. The highest BCUT2D eigenvalue weighted by atomic mass is 15.3. The molecule has 0 saturated heterocycles. The zero-order valence-corrected chi connectivity index (χ0v) is 9.68. The summed E-state index contributed by atoms with van der Waals surface area (Å²) in [5.41, 5.74) is 10.0. The van der Waals surface area contributed by atoms with Gasteiger partial charge in [-0.15, -0.1) is 0 Å². The lowest BCUT2D eigenvalue weighted by molar-refractivity contribution is 0.505. The van der Waals surface area contributed by atoms with Crippen molar-refractivity contribution < 1.29 is 0 Å². The lowest BCUT2D eigenvalue weighted by atomic mass is 9.95. The van der Waals surface area contributed by atoms with E-state index in [2.05, 4.69) is 25.9 Å². The fourth-order valence-corrected chi connectivity index (χ4v) is 2.50. The second kappa shape index (κ2) is 2.40. The first-order valence-electron chi connectivity index (χ1n) is 5.09. The molecule has 3 nitrogen and oxygen atoms in total. The van der Waals surface area contributed by atoms with Gasteiger partial charge in [-0.1, -0.05) is 13.8 Å². The highest BCUT2D eigenvalue weighted by Gasteiger charge is 2.61. The third kappa shape index (κ3) is 0.989. The number of rotatable bonds is 1. The minimum atomic E-state index is -0.143. The topological polar surface area (TPSA) is 43.8 Å². The van der Waals surface area contributed by atoms with Gasteiger partial charge in [0.15, 0.2) is 0 Å². The molecule has 1 aromatic heterocycles. The highest BCUT2D eigenvalue weighted by molar-refractivity contribution is 5.40. The standard InChI is InChI=1S/C11H19N3/c1-7-9(8(2)14(5)13-7)11(12)6-10(11,3)4/h6,12H2,1-5H3. The molecule has 1 aromatic rings. The quantitative estimate of drug-likeness (QED) is 0.736. The number of nitrogens with zero attached hydrogens (tertiary/aromatic N) is 2. The van der Waals surface area contributed by atoms with E-state index in [0.717, 1.165) is 12.1 Å². The van der Waals surface area contributed by atoms with Crippen LogP contribution in [0.2, 0.25) is 0 Å². The second-order valence-corrected chi connectivity index (χ2v) is 5.20. The Bertz CT molecular complexity index is 389. The average Bonchev–Trinajstić information content (AvgIpc) is 2.37. The van der Waals surface area contributed by atoms with Crippen LogP contribution in [-0.2, 0) is 12.6 Å². The summed E-state index contributed by atoms with van der Waals surface area (Å²) in [6.07, 6.45) is 1.06. The van der Waals surface area contributed by atoms with E-state index in [1.807, 2.05) is 18.7 Å². The van der Waals surface area contributed by atoms with Crippen LogP contribution < -0.4 is 5.73 Å². The summed E-state index contributed by atoms with van der Waals surface area (Å²) in [5, 5.41) is 4.42. The summed E-state index contributed by atoms with van der Waals surface area (Å²) in [5.74, 6) is 0. The van der Waals surface area contributed by atoms with Gasteiger partial charge in [0.05, 0.1) is 11.2 Å². The van der Waals surface area contributed by atoms with E-state index in [4.69, 9.17) is 5.73 Å². The summed E-state index contributed by atoms with van der Waals surface area (Å²) in [7, 11) is 1.98. The molecule has 0 radical (unpaired) electrons. The lowest BCUT2D eigenvalue weighted by Crippen LogP contribution is -2.27. The summed E-state index contributed by atoms with van der Waals surface area (Å²) in [4.78, 5) is 0. The van der Waals surface area contributed by atoms with Crippen LogP contribution in [-0.4, -0.2) is 9.78 Å². The highest BCUT2D eigenvalue weighted by Crippen LogP contribution is 2.61. The normalized spacial score (nSPS) is 29.3. The van der Waals surface area contributed by atoms with Crippen molar-refractivity contribution in [3.8, 4) is 0 Å². The van der Waals surface area contributed by atoms with Gasteiger partial charge < -0.3 is 5.73 Å². The van der Waals surface area contributed by atoms with Crippen LogP contribution in [0.15, 0.2) is 0 Å². The molecule has 0 aromatic carbocycles. The zero-order chi connectivity index (χ0) is 10.7. The molecule has 0 spiro atoms. The Labute approximate surface area is 85.3 Å². The molecule has 1 atom stereocenters. The number of nitrogens with two attached hydrogens (primary N) is 1. The van der Waals surface area contributed by atoms with Crippen molar-refractivity contribution in [1.29, 1.82) is 0 Å². The number of aryl methyl sites for hydroxylation is 2. The molecule has 1 heterocycles. The summed E-state index contributed by atoms with van der Waals surface area (Å²) >= 11 is 0. The van der Waals surface area contributed by atoms with E-state index in [1.165, 1.54) is 11.3 Å². The van der Waals surface area contributed by atoms with Gasteiger partial charge in [0, 0.05) is 18.3 Å². The van der Waals surface area contributed by atoms with Crippen LogP contribution in [0.5, 0.6) is 0 Å². The van der Waals surface area contributed by atoms with Gasteiger partial charge >= 0.3 is 0 Å². The van der Waals surface area contributed by atoms with Gasteiger partial charge in [0.2, 0.25) is 0 Å². The minimum absolute atomic E-state index is 0.143. The largest absolute Gasteiger partial charge is 0.321 e. The van der Waals surface area contributed by atoms with E-state index in [1.54, 1.807) is 0 Å². The van der Waals surface area contributed by atoms with E-state index in [9.17, 15) is 0 Å². The summed E-state index contributed by atoms with van der Waals surface area (Å²) in [6, 6.07) is 0. The number of hydrogen-bond acceptors (Lipinski definition) is 2. The molecule has 14 heavy (non-hydrogen) atoms. The predicted octanol–water partition coefficient (Wildman–Crippen LogP) is 1.62. The van der Waals surface area contributed by atoms with Gasteiger partial charge in [-0.05, 0) is 25.7 Å². The minimum Gasteiger partial charge on any atom is -0.321 e. The Kier molecular flexibility index (Phi) is 1.66. The number of hydrogen-bond donors (Lipinski definition) is 1. The van der Waals surface area contributed by atoms with Crippen LogP contribution in [0.1, 0.15) is 37.2 Å². The Balaban J connectivity index is 2.54. The first kappa shape index (κ1) is 9.71. The molecular weight excluding hydrogens is 174 g/mol. The van der Waals surface area contributed by atoms with Crippen LogP contribution in [0.4, 0.5) is 0 Å². The van der Waals surface area contributed by atoms with Gasteiger partial charge in [-0.3, -0.25) is 4.68 Å². The monoisotopic (exact) mass is 193 g/mol. The molecule has 3 heteroatoms. The molecule has 1 unspecified atom stereocenters. The van der Waals surface area contributed by atoms with Crippen molar-refractivity contribution in [3.63, 3.8) is 0 Å². The molecule has 1 saturated carbocycles. The Morgan fingerprint density at radius 3 is 2.14 bits per heavy atom. The average molecular weight is 193 g/mol. The van der Waals surface area contributed by atoms with E-state index in [-0.39, 0.29) is 11.0 Å². The molecule has 0 aliphatic heterocycles. The molecule has 2 N–H and O–H groups in total. The molecule has 2 rings (SSSR count). The molecule has 78 valence electrons. The van der Waals surface area contributed by atoms with Crippen molar-refractivity contribution in [1.82, 2.24) is 9.78 Å². The molecule has 0 amide bonds. The van der Waals surface area contributed by atoms with E-state index in [0.29, 0.717) is 0 Å². The van der Waals surface area contributed by atoms with Crippen molar-refractivity contribution in [2.75, 3.05) is 0 Å². The maximum absolute atomic E-state index is 6.41. The zero-order valence-electron chi connectivity index (χ0n) is 9.68. The van der Waals surface area contributed by atoms with Gasteiger partial charge in [0.25, 0.3) is 0 Å². The Hall–Kier alpha value is -0.830. The van der Waals surface area contributed by atoms with Crippen LogP contribution in [0.3, 0.4) is 0 Å². The first-order chi connectivity index (χ1) is 6.29. The van der Waals surface area contributed by atoms with Crippen molar-refractivity contribution in [2.45, 2.75) is 39.7 Å². The van der Waals surface area contributed by atoms with Crippen LogP contribution in [0, 0.1) is 19.3 Å². The molecule has 1 fully saturated rings. The smallest absolute Gasteiger partial charge is 0.0647 e. The van der Waals surface area contributed by atoms with Crippen molar-refractivity contribution in [2.24, 2.45) is 18.2 Å². The third-order valence-corrected chi connectivity index (χ3v) is 3.76. The molecule has 1 aliphatic rings. The predicted molar refractivity (Wildman–Crippen MR) is 56.9 cm³/mol. The first-order valence-corrected chi connectivity index (χ1v) is 5.09. The second-order valence-electron chi connectivity index (χ2n) is 5.20. The fraction of sp³-hybridized carbons (Fsp3) is 0.727. The summed E-state index contributed by atoms with van der Waals surface area (Å²) in [6.45, 7) is 8.58. The van der Waals surface area contributed by atoms with E-state index < -0.39 is 0 Å². The maximum Gasteiger partial charge on any atom is 0.0647 e. The van der Waals surface area contributed by atoms with Gasteiger partial charge in [0.1, 0.15) is 0 Å². The SMILES string of the molecule is Cc1nn(C)c(C)c1C1(N)CC1(C)C. The molecule has 1 aliphatic carbocycles. The van der Waals surface area contributed by atoms with Crippen molar-refractivity contribution in [3.05, 3.63) is 17.0 Å². The maximum atomic E-state index is 6.41. The number of aromatic nitrogens is 2. The van der Waals surface area contributed by atoms with Crippen molar-refractivity contribution >= 4 is 0 Å². The third-order valence-electron chi connectivity index (χ3n) is 3.76. The Morgan fingerprint density at radius 1 is 1.36 bits per heavy atom.